The van der Waals surface area contributed by atoms with Crippen molar-refractivity contribution in [2.75, 3.05) is 0 Å². The molecule has 0 bridgehead atoms. The predicted octanol–water partition coefficient (Wildman–Crippen LogP) is 6.10. The molecule has 0 spiro atoms. The third kappa shape index (κ3) is 3.66. The lowest BCUT2D eigenvalue weighted by Crippen LogP contribution is -2.34. The van der Waals surface area contributed by atoms with Crippen LogP contribution in [0.5, 0.6) is 0 Å². The van der Waals surface area contributed by atoms with Crippen LogP contribution in [0.3, 0.4) is 0 Å². The topological polar surface area (TPSA) is 37.3 Å². The van der Waals surface area contributed by atoms with Crippen molar-refractivity contribution in [1.82, 2.24) is 0 Å². The third-order valence-electron chi connectivity index (χ3n) is 5.93. The second-order valence-corrected chi connectivity index (χ2v) is 9.23. The van der Waals surface area contributed by atoms with Crippen LogP contribution in [0.15, 0.2) is 42.5 Å². The van der Waals surface area contributed by atoms with Gasteiger partial charge in [-0.3, -0.25) is 4.79 Å². The van der Waals surface area contributed by atoms with E-state index in [1.54, 1.807) is 0 Å². The Bertz CT molecular complexity index is 819. The summed E-state index contributed by atoms with van der Waals surface area (Å²) in [6, 6.07) is 13.8. The maximum atomic E-state index is 12.0. The van der Waals surface area contributed by atoms with Gasteiger partial charge in [0.1, 0.15) is 0 Å². The fourth-order valence-electron chi connectivity index (χ4n) is 4.03. The van der Waals surface area contributed by atoms with Crippen molar-refractivity contribution >= 4 is 17.6 Å². The summed E-state index contributed by atoms with van der Waals surface area (Å²) in [4.78, 5) is 12.0. The molecule has 0 saturated heterocycles. The normalized spacial score (nSPS) is 18.8. The van der Waals surface area contributed by atoms with Gasteiger partial charge in [0.05, 0.1) is 5.92 Å². The summed E-state index contributed by atoms with van der Waals surface area (Å²) in [6.07, 6.45) is 2.74. The van der Waals surface area contributed by atoms with Crippen LogP contribution in [0.2, 0.25) is 5.02 Å². The van der Waals surface area contributed by atoms with Crippen LogP contribution in [0.4, 0.5) is 0 Å². The van der Waals surface area contributed by atoms with E-state index in [9.17, 15) is 9.90 Å². The maximum Gasteiger partial charge on any atom is 0.311 e. The Morgan fingerprint density at radius 3 is 2.15 bits per heavy atom. The molecule has 0 saturated carbocycles. The van der Waals surface area contributed by atoms with Crippen molar-refractivity contribution in [3.63, 3.8) is 0 Å². The highest BCUT2D eigenvalue weighted by atomic mass is 35.5. The molecule has 2 aromatic carbocycles. The SMILES string of the molecule is CC1(C)CCC(C)(C)c2cc(C(Cc3ccc(Cl)cc3)C(=O)O)ccc21. The molecule has 3 heteroatoms. The Balaban J connectivity index is 2.01. The van der Waals surface area contributed by atoms with Crippen LogP contribution in [0, 0.1) is 0 Å². The monoisotopic (exact) mass is 370 g/mol. The van der Waals surface area contributed by atoms with Crippen molar-refractivity contribution in [2.24, 2.45) is 0 Å². The molecule has 2 aromatic rings. The largest absolute Gasteiger partial charge is 0.481 e. The van der Waals surface area contributed by atoms with Crippen molar-refractivity contribution in [1.29, 1.82) is 0 Å². The van der Waals surface area contributed by atoms with Crippen LogP contribution in [-0.2, 0) is 22.0 Å². The summed E-state index contributed by atoms with van der Waals surface area (Å²) in [6.45, 7) is 9.09. The highest BCUT2D eigenvalue weighted by Crippen LogP contribution is 2.46. The number of benzene rings is 2. The molecule has 1 N–H and O–H groups in total. The zero-order valence-electron chi connectivity index (χ0n) is 16.0. The smallest absolute Gasteiger partial charge is 0.311 e. The summed E-state index contributed by atoms with van der Waals surface area (Å²) in [7, 11) is 0. The summed E-state index contributed by atoms with van der Waals surface area (Å²) < 4.78 is 0. The molecule has 0 heterocycles. The van der Waals surface area contributed by atoms with E-state index in [1.165, 1.54) is 11.1 Å². The van der Waals surface area contributed by atoms with Crippen LogP contribution >= 0.6 is 11.6 Å². The Labute approximate surface area is 161 Å². The average Bonchev–Trinajstić information content (AvgIpc) is 2.58. The van der Waals surface area contributed by atoms with Gasteiger partial charge in [0.2, 0.25) is 0 Å². The first-order valence-corrected chi connectivity index (χ1v) is 9.60. The molecule has 1 aliphatic carbocycles. The van der Waals surface area contributed by atoms with Gasteiger partial charge in [-0.05, 0) is 64.5 Å². The minimum absolute atomic E-state index is 0.0736. The number of fused-ring (bicyclic) bond motifs is 1. The molecule has 1 unspecified atom stereocenters. The lowest BCUT2D eigenvalue weighted by Gasteiger charge is -2.42. The van der Waals surface area contributed by atoms with Gasteiger partial charge in [0, 0.05) is 5.02 Å². The van der Waals surface area contributed by atoms with Crippen LogP contribution in [0.1, 0.15) is 68.7 Å². The van der Waals surface area contributed by atoms with E-state index in [4.69, 9.17) is 11.6 Å². The van der Waals surface area contributed by atoms with Gasteiger partial charge in [0.15, 0.2) is 0 Å². The van der Waals surface area contributed by atoms with E-state index in [2.05, 4.69) is 39.8 Å². The molecule has 0 aliphatic heterocycles. The van der Waals surface area contributed by atoms with Crippen LogP contribution in [0.25, 0.3) is 0 Å². The molecule has 3 rings (SSSR count). The lowest BCUT2D eigenvalue weighted by atomic mass is 9.62. The number of halogens is 1. The van der Waals surface area contributed by atoms with Gasteiger partial charge in [-0.15, -0.1) is 0 Å². The number of hydrogen-bond donors (Lipinski definition) is 1. The third-order valence-corrected chi connectivity index (χ3v) is 6.18. The summed E-state index contributed by atoms with van der Waals surface area (Å²) in [5, 5.41) is 10.5. The van der Waals surface area contributed by atoms with Crippen molar-refractivity contribution in [3.05, 3.63) is 69.7 Å². The maximum absolute atomic E-state index is 12.0. The highest BCUT2D eigenvalue weighted by molar-refractivity contribution is 6.30. The van der Waals surface area contributed by atoms with E-state index in [1.807, 2.05) is 30.3 Å². The van der Waals surface area contributed by atoms with E-state index in [-0.39, 0.29) is 10.8 Å². The molecule has 0 amide bonds. The molecule has 0 aromatic heterocycles. The van der Waals surface area contributed by atoms with E-state index >= 15 is 0 Å². The molecule has 1 aliphatic rings. The molecule has 1 atom stereocenters. The lowest BCUT2D eigenvalue weighted by molar-refractivity contribution is -0.138. The Hall–Kier alpha value is -1.80. The van der Waals surface area contributed by atoms with Crippen LogP contribution in [-0.4, -0.2) is 11.1 Å². The summed E-state index contributed by atoms with van der Waals surface area (Å²) >= 11 is 5.95. The van der Waals surface area contributed by atoms with E-state index < -0.39 is 11.9 Å². The number of aliphatic carboxylic acids is 1. The quantitative estimate of drug-likeness (QED) is 0.705. The Kier molecular flexibility index (Phi) is 4.92. The molecule has 26 heavy (non-hydrogen) atoms. The molecule has 0 fully saturated rings. The number of carboxylic acids is 1. The fourth-order valence-corrected chi connectivity index (χ4v) is 4.15. The summed E-state index contributed by atoms with van der Waals surface area (Å²) in [5.74, 6) is -1.34. The van der Waals surface area contributed by atoms with Gasteiger partial charge < -0.3 is 5.11 Å². The van der Waals surface area contributed by atoms with Crippen LogP contribution < -0.4 is 0 Å². The molecule has 2 nitrogen and oxygen atoms in total. The first kappa shape index (κ1) is 19.0. The van der Waals surface area contributed by atoms with Gasteiger partial charge in [0.25, 0.3) is 0 Å². The standard InChI is InChI=1S/C23H27ClO2/c1-22(2)11-12-23(3,4)20-14-16(7-10-19(20)22)18(21(25)26)13-15-5-8-17(24)9-6-15/h5-10,14,18H,11-13H2,1-4H3,(H,25,26). The molecular weight excluding hydrogens is 344 g/mol. The average molecular weight is 371 g/mol. The van der Waals surface area contributed by atoms with Crippen molar-refractivity contribution in [3.8, 4) is 0 Å². The second-order valence-electron chi connectivity index (χ2n) is 8.79. The van der Waals surface area contributed by atoms with Gasteiger partial charge in [-0.2, -0.15) is 0 Å². The number of rotatable bonds is 4. The van der Waals surface area contributed by atoms with E-state index in [0.29, 0.717) is 11.4 Å². The molecule has 138 valence electrons. The van der Waals surface area contributed by atoms with E-state index in [0.717, 1.165) is 24.0 Å². The first-order valence-electron chi connectivity index (χ1n) is 9.22. The fraction of sp³-hybridized carbons (Fsp3) is 0.435. The van der Waals surface area contributed by atoms with Crippen molar-refractivity contribution in [2.45, 2.75) is 63.7 Å². The number of carboxylic acid groups (broad SMARTS) is 1. The first-order chi connectivity index (χ1) is 12.1. The minimum Gasteiger partial charge on any atom is -0.481 e. The van der Waals surface area contributed by atoms with Gasteiger partial charge in [-0.1, -0.05) is 69.6 Å². The summed E-state index contributed by atoms with van der Waals surface area (Å²) in [5.41, 5.74) is 4.74. The predicted molar refractivity (Wildman–Crippen MR) is 107 cm³/mol. The zero-order valence-corrected chi connectivity index (χ0v) is 16.7. The molecule has 0 radical (unpaired) electrons. The van der Waals surface area contributed by atoms with Crippen molar-refractivity contribution < 1.29 is 9.90 Å². The number of hydrogen-bond acceptors (Lipinski definition) is 1. The molecular formula is C23H27ClO2. The Morgan fingerprint density at radius 2 is 1.58 bits per heavy atom. The van der Waals surface area contributed by atoms with Gasteiger partial charge >= 0.3 is 5.97 Å². The number of carbonyl (C=O) groups is 1. The van der Waals surface area contributed by atoms with Gasteiger partial charge in [-0.25, -0.2) is 0 Å². The second kappa shape index (κ2) is 6.74. The minimum atomic E-state index is -0.784. The zero-order chi connectivity index (χ0) is 19.1. The Morgan fingerprint density at radius 1 is 1.00 bits per heavy atom. The highest BCUT2D eigenvalue weighted by Gasteiger charge is 2.37.